The Balaban J connectivity index is 1.64. The number of rotatable bonds is 6. The summed E-state index contributed by atoms with van der Waals surface area (Å²) in [6.07, 6.45) is 0. The number of ether oxygens (including phenoxy) is 1. The monoisotopic (exact) mass is 338 g/mol. The summed E-state index contributed by atoms with van der Waals surface area (Å²) >= 11 is 0. The van der Waals surface area contributed by atoms with Gasteiger partial charge in [0.2, 0.25) is 0 Å². The van der Waals surface area contributed by atoms with Crippen LogP contribution in [-0.2, 0) is 6.54 Å². The van der Waals surface area contributed by atoms with Crippen LogP contribution in [0.5, 0.6) is 5.75 Å². The summed E-state index contributed by atoms with van der Waals surface area (Å²) in [7, 11) is 0. The van der Waals surface area contributed by atoms with Crippen LogP contribution in [0.1, 0.15) is 30.9 Å². The topological polar surface area (TPSA) is 61.9 Å². The van der Waals surface area contributed by atoms with Crippen molar-refractivity contribution in [2.75, 3.05) is 6.61 Å². The lowest BCUT2D eigenvalue weighted by atomic mass is 9.98. The molecule has 0 bridgehead atoms. The lowest BCUT2D eigenvalue weighted by Crippen LogP contribution is -2.26. The van der Waals surface area contributed by atoms with E-state index in [4.69, 9.17) is 4.74 Å². The van der Waals surface area contributed by atoms with E-state index in [9.17, 15) is 4.79 Å². The summed E-state index contributed by atoms with van der Waals surface area (Å²) in [5, 5.41) is 7.83. The summed E-state index contributed by atoms with van der Waals surface area (Å²) in [5.41, 5.74) is 2.94. The van der Waals surface area contributed by atoms with Gasteiger partial charge in [0.05, 0.1) is 12.2 Å². The quantitative estimate of drug-likeness (QED) is 0.693. The van der Waals surface area contributed by atoms with Crippen molar-refractivity contribution >= 4 is 0 Å². The third kappa shape index (κ3) is 3.79. The summed E-state index contributed by atoms with van der Waals surface area (Å²) in [5.74, 6) is 1.28. The molecule has 0 unspecified atom stereocenters. The van der Waals surface area contributed by atoms with Gasteiger partial charge in [-0.15, -0.1) is 0 Å². The minimum atomic E-state index is -0.277. The molecule has 3 rings (SSSR count). The zero-order valence-electron chi connectivity index (χ0n) is 14.7. The number of benzene rings is 2. The number of aromatic nitrogens is 4. The van der Waals surface area contributed by atoms with E-state index in [0.29, 0.717) is 24.8 Å². The molecule has 0 aliphatic carbocycles. The van der Waals surface area contributed by atoms with Gasteiger partial charge < -0.3 is 4.74 Å². The molecule has 0 fully saturated rings. The molecule has 0 aliphatic rings. The molecule has 0 aliphatic heterocycles. The van der Waals surface area contributed by atoms with E-state index in [0.717, 1.165) is 5.75 Å². The zero-order chi connectivity index (χ0) is 17.8. The summed E-state index contributed by atoms with van der Waals surface area (Å²) < 4.78 is 8.35. The minimum absolute atomic E-state index is 0.277. The molecule has 6 heteroatoms. The van der Waals surface area contributed by atoms with Crippen molar-refractivity contribution in [2.45, 2.75) is 33.2 Å². The molecule has 0 saturated heterocycles. The van der Waals surface area contributed by atoms with E-state index in [2.05, 4.69) is 37.3 Å². The fraction of sp³-hybridized carbons (Fsp3) is 0.316. The number of hydrogen-bond donors (Lipinski definition) is 0. The molecule has 0 amide bonds. The van der Waals surface area contributed by atoms with Crippen molar-refractivity contribution in [2.24, 2.45) is 0 Å². The molecule has 0 saturated carbocycles. The Morgan fingerprint density at radius 2 is 1.84 bits per heavy atom. The standard InChI is InChI=1S/C19H22N4O2/c1-14(2)18-10-9-17(13-15(18)3)25-12-11-22-19(24)23(21-20-22)16-7-5-4-6-8-16/h4-10,13-14H,11-12H2,1-3H3. The van der Waals surface area contributed by atoms with Crippen LogP contribution in [0, 0.1) is 6.92 Å². The van der Waals surface area contributed by atoms with E-state index in [-0.39, 0.29) is 5.69 Å². The molecule has 0 spiro atoms. The molecule has 130 valence electrons. The first-order valence-corrected chi connectivity index (χ1v) is 8.38. The Morgan fingerprint density at radius 3 is 2.52 bits per heavy atom. The fourth-order valence-corrected chi connectivity index (χ4v) is 2.78. The van der Waals surface area contributed by atoms with Gasteiger partial charge in [0.1, 0.15) is 12.4 Å². The van der Waals surface area contributed by atoms with Crippen LogP contribution < -0.4 is 10.4 Å². The average molecular weight is 338 g/mol. The first kappa shape index (κ1) is 17.0. The van der Waals surface area contributed by atoms with E-state index in [1.165, 1.54) is 20.5 Å². The molecule has 6 nitrogen and oxygen atoms in total. The van der Waals surface area contributed by atoms with Gasteiger partial charge in [-0.05, 0) is 58.7 Å². The van der Waals surface area contributed by atoms with Gasteiger partial charge >= 0.3 is 5.69 Å². The number of aryl methyl sites for hydroxylation is 1. The molecule has 1 aromatic heterocycles. The van der Waals surface area contributed by atoms with Crippen LogP contribution in [0.2, 0.25) is 0 Å². The Kier molecular flexibility index (Phi) is 4.97. The maximum Gasteiger partial charge on any atom is 0.368 e. The van der Waals surface area contributed by atoms with Crippen LogP contribution in [0.25, 0.3) is 5.69 Å². The second kappa shape index (κ2) is 7.34. The maximum absolute atomic E-state index is 12.3. The van der Waals surface area contributed by atoms with E-state index < -0.39 is 0 Å². The average Bonchev–Trinajstić information content (AvgIpc) is 2.96. The molecule has 1 heterocycles. The molecule has 3 aromatic rings. The number of nitrogens with zero attached hydrogens (tertiary/aromatic N) is 4. The molecule has 0 radical (unpaired) electrons. The molecular formula is C19H22N4O2. The largest absolute Gasteiger partial charge is 0.492 e. The van der Waals surface area contributed by atoms with Crippen molar-refractivity contribution in [3.05, 3.63) is 70.1 Å². The first-order valence-electron chi connectivity index (χ1n) is 8.38. The highest BCUT2D eigenvalue weighted by atomic mass is 16.5. The van der Waals surface area contributed by atoms with Crippen molar-refractivity contribution < 1.29 is 4.74 Å². The Labute approximate surface area is 146 Å². The van der Waals surface area contributed by atoms with Crippen molar-refractivity contribution in [3.63, 3.8) is 0 Å². The van der Waals surface area contributed by atoms with Crippen LogP contribution in [0.15, 0.2) is 53.3 Å². The zero-order valence-corrected chi connectivity index (χ0v) is 14.7. The van der Waals surface area contributed by atoms with E-state index in [1.807, 2.05) is 42.5 Å². The van der Waals surface area contributed by atoms with Gasteiger partial charge in [0.15, 0.2) is 0 Å². The normalized spacial score (nSPS) is 11.0. The minimum Gasteiger partial charge on any atom is -0.492 e. The lowest BCUT2D eigenvalue weighted by molar-refractivity contribution is 0.287. The summed E-state index contributed by atoms with van der Waals surface area (Å²) in [6, 6.07) is 15.3. The van der Waals surface area contributed by atoms with Crippen LogP contribution in [0.4, 0.5) is 0 Å². The summed E-state index contributed by atoms with van der Waals surface area (Å²) in [4.78, 5) is 12.3. The predicted molar refractivity (Wildman–Crippen MR) is 96.4 cm³/mol. The van der Waals surface area contributed by atoms with Crippen molar-refractivity contribution in [1.29, 1.82) is 0 Å². The molecule has 2 aromatic carbocycles. The number of tetrazole rings is 1. The lowest BCUT2D eigenvalue weighted by Gasteiger charge is -2.12. The molecular weight excluding hydrogens is 316 g/mol. The fourth-order valence-electron chi connectivity index (χ4n) is 2.78. The van der Waals surface area contributed by atoms with Crippen molar-refractivity contribution in [3.8, 4) is 11.4 Å². The SMILES string of the molecule is Cc1cc(OCCn2nnn(-c3ccccc3)c2=O)ccc1C(C)C. The third-order valence-corrected chi connectivity index (χ3v) is 4.08. The molecule has 0 N–H and O–H groups in total. The maximum atomic E-state index is 12.3. The second-order valence-electron chi connectivity index (χ2n) is 6.25. The van der Waals surface area contributed by atoms with Crippen LogP contribution >= 0.6 is 0 Å². The smallest absolute Gasteiger partial charge is 0.368 e. The Morgan fingerprint density at radius 1 is 1.08 bits per heavy atom. The van der Waals surface area contributed by atoms with Gasteiger partial charge in [0.25, 0.3) is 0 Å². The highest BCUT2D eigenvalue weighted by Crippen LogP contribution is 2.23. The summed E-state index contributed by atoms with van der Waals surface area (Å²) in [6.45, 7) is 7.12. The second-order valence-corrected chi connectivity index (χ2v) is 6.25. The van der Waals surface area contributed by atoms with Gasteiger partial charge in [-0.1, -0.05) is 38.1 Å². The molecule has 25 heavy (non-hydrogen) atoms. The van der Waals surface area contributed by atoms with Gasteiger partial charge in [-0.3, -0.25) is 0 Å². The third-order valence-electron chi connectivity index (χ3n) is 4.08. The van der Waals surface area contributed by atoms with Crippen LogP contribution in [-0.4, -0.2) is 26.4 Å². The van der Waals surface area contributed by atoms with Crippen molar-refractivity contribution in [1.82, 2.24) is 19.8 Å². The Hall–Kier alpha value is -2.89. The van der Waals surface area contributed by atoms with Gasteiger partial charge in [0, 0.05) is 0 Å². The van der Waals surface area contributed by atoms with E-state index in [1.54, 1.807) is 0 Å². The van der Waals surface area contributed by atoms with E-state index >= 15 is 0 Å². The number of para-hydroxylation sites is 1. The highest BCUT2D eigenvalue weighted by molar-refractivity contribution is 5.36. The van der Waals surface area contributed by atoms with Gasteiger partial charge in [-0.2, -0.15) is 9.36 Å². The number of hydrogen-bond acceptors (Lipinski definition) is 4. The predicted octanol–water partition coefficient (Wildman–Crippen LogP) is 2.94. The molecule has 0 atom stereocenters. The first-order chi connectivity index (χ1) is 12.1. The van der Waals surface area contributed by atoms with Gasteiger partial charge in [-0.25, -0.2) is 4.79 Å². The Bertz CT molecular complexity index is 897. The highest BCUT2D eigenvalue weighted by Gasteiger charge is 2.09. The van der Waals surface area contributed by atoms with Crippen LogP contribution in [0.3, 0.4) is 0 Å².